The van der Waals surface area contributed by atoms with Crippen LogP contribution < -0.4 is 0 Å². The van der Waals surface area contributed by atoms with Gasteiger partial charge in [-0.3, -0.25) is 4.79 Å². The van der Waals surface area contributed by atoms with Crippen molar-refractivity contribution in [3.8, 4) is 0 Å². The van der Waals surface area contributed by atoms with E-state index in [9.17, 15) is 13.2 Å². The van der Waals surface area contributed by atoms with Gasteiger partial charge < -0.3 is 4.74 Å². The van der Waals surface area contributed by atoms with Crippen LogP contribution in [0.25, 0.3) is 0 Å². The summed E-state index contributed by atoms with van der Waals surface area (Å²) in [6.45, 7) is 9.29. The minimum absolute atomic E-state index is 0.157. The number of esters is 1. The Bertz CT molecular complexity index is 1200. The second-order valence-electron chi connectivity index (χ2n) is 8.68. The summed E-state index contributed by atoms with van der Waals surface area (Å²) in [5.41, 5.74) is 4.01. The van der Waals surface area contributed by atoms with Crippen LogP contribution in [0.3, 0.4) is 0 Å². The second kappa shape index (κ2) is 11.0. The molecule has 0 saturated heterocycles. The number of ether oxygens (including phenoxy) is 1. The molecule has 0 N–H and O–H groups in total. The molecule has 0 fully saturated rings. The summed E-state index contributed by atoms with van der Waals surface area (Å²) >= 11 is 0. The lowest BCUT2D eigenvalue weighted by Crippen LogP contribution is -2.43. The number of benzene rings is 3. The highest BCUT2D eigenvalue weighted by molar-refractivity contribution is 7.89. The quantitative estimate of drug-likeness (QED) is 0.359. The normalized spacial score (nSPS) is 13.5. The van der Waals surface area contributed by atoms with E-state index >= 15 is 0 Å². The summed E-state index contributed by atoms with van der Waals surface area (Å²) in [5, 5.41) is 0. The van der Waals surface area contributed by atoms with E-state index in [1.165, 1.54) is 4.31 Å². The van der Waals surface area contributed by atoms with Gasteiger partial charge in [0.2, 0.25) is 10.0 Å². The molecule has 2 unspecified atom stereocenters. The van der Waals surface area contributed by atoms with E-state index in [4.69, 9.17) is 4.74 Å². The number of rotatable bonds is 9. The summed E-state index contributed by atoms with van der Waals surface area (Å²) in [7, 11) is -3.93. The predicted molar refractivity (Wildman–Crippen MR) is 135 cm³/mol. The van der Waals surface area contributed by atoms with E-state index in [2.05, 4.69) is 0 Å². The SMILES string of the molecule is CCC(=O)OC(c1ccccc1)C(C)N(Cc1ccccc1)S(=O)(=O)c1c(C)cc(C)cc1C. The van der Waals surface area contributed by atoms with E-state index in [0.29, 0.717) is 16.0 Å². The molecule has 0 spiro atoms. The Hall–Kier alpha value is -2.96. The number of sulfonamides is 1. The highest BCUT2D eigenvalue weighted by atomic mass is 32.2. The maximum absolute atomic E-state index is 14.2. The zero-order valence-electron chi connectivity index (χ0n) is 20.5. The maximum atomic E-state index is 14.2. The molecular weight excluding hydrogens is 446 g/mol. The average molecular weight is 480 g/mol. The molecule has 3 aromatic carbocycles. The Morgan fingerprint density at radius 1 is 0.912 bits per heavy atom. The first kappa shape index (κ1) is 25.7. The van der Waals surface area contributed by atoms with Gasteiger partial charge in [-0.05, 0) is 49.9 Å². The van der Waals surface area contributed by atoms with Crippen LogP contribution in [0, 0.1) is 20.8 Å². The molecular formula is C28H33NO4S. The summed E-state index contributed by atoms with van der Waals surface area (Å²) in [4.78, 5) is 12.7. The van der Waals surface area contributed by atoms with Gasteiger partial charge in [0.15, 0.2) is 0 Å². The van der Waals surface area contributed by atoms with Crippen LogP contribution in [0.4, 0.5) is 0 Å². The number of aryl methyl sites for hydroxylation is 3. The van der Waals surface area contributed by atoms with Crippen LogP contribution in [0.2, 0.25) is 0 Å². The predicted octanol–water partition coefficient (Wildman–Crippen LogP) is 5.89. The standard InChI is InChI=1S/C28H33NO4S/c1-6-26(30)33-27(25-15-11-8-12-16-25)23(5)29(19-24-13-9-7-10-14-24)34(31,32)28-21(3)17-20(2)18-22(28)4/h7-18,23,27H,6,19H2,1-5H3. The van der Waals surface area contributed by atoms with Gasteiger partial charge in [-0.1, -0.05) is 85.3 Å². The average Bonchev–Trinajstić information content (AvgIpc) is 2.80. The van der Waals surface area contributed by atoms with Crippen molar-refractivity contribution < 1.29 is 17.9 Å². The highest BCUT2D eigenvalue weighted by Crippen LogP contribution is 2.33. The van der Waals surface area contributed by atoms with E-state index < -0.39 is 22.2 Å². The molecule has 180 valence electrons. The fourth-order valence-corrected chi connectivity index (χ4v) is 6.40. The molecule has 3 rings (SSSR count). The highest BCUT2D eigenvalue weighted by Gasteiger charge is 2.37. The fourth-order valence-electron chi connectivity index (χ4n) is 4.37. The van der Waals surface area contributed by atoms with Crippen LogP contribution in [-0.4, -0.2) is 24.7 Å². The van der Waals surface area contributed by atoms with Gasteiger partial charge in [-0.25, -0.2) is 8.42 Å². The molecule has 0 aromatic heterocycles. The minimum atomic E-state index is -3.93. The van der Waals surface area contributed by atoms with Gasteiger partial charge in [0.25, 0.3) is 0 Å². The van der Waals surface area contributed by atoms with Gasteiger partial charge in [0.05, 0.1) is 10.9 Å². The summed E-state index contributed by atoms with van der Waals surface area (Å²) < 4.78 is 35.7. The number of hydrogen-bond acceptors (Lipinski definition) is 4. The van der Waals surface area contributed by atoms with Crippen LogP contribution >= 0.6 is 0 Å². The smallest absolute Gasteiger partial charge is 0.306 e. The Morgan fingerprint density at radius 2 is 1.44 bits per heavy atom. The fraction of sp³-hybridized carbons (Fsp3) is 0.321. The van der Waals surface area contributed by atoms with Crippen molar-refractivity contribution in [1.82, 2.24) is 4.31 Å². The van der Waals surface area contributed by atoms with Crippen LogP contribution in [0.1, 0.15) is 54.2 Å². The van der Waals surface area contributed by atoms with Crippen LogP contribution in [0.15, 0.2) is 77.7 Å². The molecule has 2 atom stereocenters. The molecule has 0 aliphatic carbocycles. The van der Waals surface area contributed by atoms with Gasteiger partial charge in [0.1, 0.15) is 6.10 Å². The molecule has 0 radical (unpaired) electrons. The molecule has 0 aliphatic heterocycles. The van der Waals surface area contributed by atoms with Gasteiger partial charge in [-0.15, -0.1) is 0 Å². The van der Waals surface area contributed by atoms with E-state index in [1.54, 1.807) is 13.8 Å². The first-order valence-corrected chi connectivity index (χ1v) is 13.0. The summed E-state index contributed by atoms with van der Waals surface area (Å²) in [6, 6.07) is 21.9. The summed E-state index contributed by atoms with van der Waals surface area (Å²) in [5.74, 6) is -0.375. The summed E-state index contributed by atoms with van der Waals surface area (Å²) in [6.07, 6.45) is -0.546. The van der Waals surface area contributed by atoms with Crippen molar-refractivity contribution >= 4 is 16.0 Å². The first-order valence-electron chi connectivity index (χ1n) is 11.5. The number of carbonyl (C=O) groups excluding carboxylic acids is 1. The number of carbonyl (C=O) groups is 1. The van der Waals surface area contributed by atoms with E-state index in [-0.39, 0.29) is 18.9 Å². The lowest BCUT2D eigenvalue weighted by Gasteiger charge is -2.34. The number of hydrogen-bond donors (Lipinski definition) is 0. The lowest BCUT2D eigenvalue weighted by molar-refractivity contribution is -0.151. The van der Waals surface area contributed by atoms with Crippen LogP contribution in [0.5, 0.6) is 0 Å². The molecule has 0 amide bonds. The number of nitrogens with zero attached hydrogens (tertiary/aromatic N) is 1. The van der Waals surface area contributed by atoms with Gasteiger partial charge in [0, 0.05) is 13.0 Å². The van der Waals surface area contributed by atoms with Crippen molar-refractivity contribution in [2.24, 2.45) is 0 Å². The molecule has 3 aromatic rings. The zero-order valence-corrected chi connectivity index (χ0v) is 21.3. The Labute approximate surface area is 203 Å². The third kappa shape index (κ3) is 5.75. The third-order valence-electron chi connectivity index (χ3n) is 5.92. The van der Waals surface area contributed by atoms with E-state index in [0.717, 1.165) is 16.7 Å². The van der Waals surface area contributed by atoms with Crippen molar-refractivity contribution in [3.63, 3.8) is 0 Å². The molecule has 0 saturated carbocycles. The van der Waals surface area contributed by atoms with Gasteiger partial charge in [-0.2, -0.15) is 4.31 Å². The Balaban J connectivity index is 2.15. The van der Waals surface area contributed by atoms with Crippen molar-refractivity contribution in [2.45, 2.75) is 64.6 Å². The molecule has 0 aliphatic rings. The van der Waals surface area contributed by atoms with Crippen LogP contribution in [-0.2, 0) is 26.1 Å². The molecule has 34 heavy (non-hydrogen) atoms. The van der Waals surface area contributed by atoms with Crippen molar-refractivity contribution in [3.05, 3.63) is 101 Å². The first-order chi connectivity index (χ1) is 16.1. The minimum Gasteiger partial charge on any atom is -0.456 e. The second-order valence-corrected chi connectivity index (χ2v) is 10.5. The maximum Gasteiger partial charge on any atom is 0.306 e. The van der Waals surface area contributed by atoms with E-state index in [1.807, 2.05) is 93.6 Å². The molecule has 5 nitrogen and oxygen atoms in total. The Kier molecular flexibility index (Phi) is 8.28. The molecule has 6 heteroatoms. The Morgan fingerprint density at radius 3 is 1.97 bits per heavy atom. The van der Waals surface area contributed by atoms with Crippen molar-refractivity contribution in [2.75, 3.05) is 0 Å². The molecule has 0 bridgehead atoms. The lowest BCUT2D eigenvalue weighted by atomic mass is 10.0. The third-order valence-corrected chi connectivity index (χ3v) is 8.16. The molecule has 0 heterocycles. The monoisotopic (exact) mass is 479 g/mol. The topological polar surface area (TPSA) is 63.7 Å². The zero-order chi connectivity index (χ0) is 24.9. The van der Waals surface area contributed by atoms with Gasteiger partial charge >= 0.3 is 5.97 Å². The van der Waals surface area contributed by atoms with Crippen molar-refractivity contribution in [1.29, 1.82) is 0 Å². The largest absolute Gasteiger partial charge is 0.456 e.